The average Bonchev–Trinajstić information content (AvgIpc) is 2.93. The van der Waals surface area contributed by atoms with Gasteiger partial charge in [-0.15, -0.1) is 11.3 Å². The minimum Gasteiger partial charge on any atom is -0.496 e. The van der Waals surface area contributed by atoms with Gasteiger partial charge in [-0.2, -0.15) is 0 Å². The fraction of sp³-hybridized carbons (Fsp3) is 0.412. The summed E-state index contributed by atoms with van der Waals surface area (Å²) < 4.78 is 5.35. The summed E-state index contributed by atoms with van der Waals surface area (Å²) in [5.74, 6) is 0.949. The van der Waals surface area contributed by atoms with Gasteiger partial charge in [-0.1, -0.05) is 26.0 Å². The maximum atomic E-state index is 5.35. The Morgan fingerprint density at radius 3 is 2.55 bits per heavy atom. The zero-order chi connectivity index (χ0) is 14.5. The van der Waals surface area contributed by atoms with E-state index in [0.717, 1.165) is 18.7 Å². The zero-order valence-corrected chi connectivity index (χ0v) is 13.5. The highest BCUT2D eigenvalue weighted by molar-refractivity contribution is 7.12. The lowest BCUT2D eigenvalue weighted by Gasteiger charge is -2.18. The van der Waals surface area contributed by atoms with Crippen molar-refractivity contribution in [1.29, 1.82) is 0 Å². The van der Waals surface area contributed by atoms with Crippen LogP contribution >= 0.6 is 11.3 Å². The highest BCUT2D eigenvalue weighted by Gasteiger charge is 2.16. The fourth-order valence-corrected chi connectivity index (χ4v) is 3.46. The molecule has 3 heteroatoms. The van der Waals surface area contributed by atoms with Gasteiger partial charge >= 0.3 is 0 Å². The molecule has 20 heavy (non-hydrogen) atoms. The molecule has 1 aromatic carbocycles. The van der Waals surface area contributed by atoms with E-state index in [9.17, 15) is 0 Å². The molecule has 1 heterocycles. The minimum absolute atomic E-state index is 0.273. The van der Waals surface area contributed by atoms with Crippen molar-refractivity contribution in [3.8, 4) is 5.75 Å². The normalized spacial score (nSPS) is 12.4. The second kappa shape index (κ2) is 6.91. The summed E-state index contributed by atoms with van der Waals surface area (Å²) in [6.45, 7) is 7.40. The molecule has 0 aliphatic carbocycles. The average molecular weight is 289 g/mol. The quantitative estimate of drug-likeness (QED) is 0.855. The largest absolute Gasteiger partial charge is 0.496 e. The Kier molecular flexibility index (Phi) is 5.21. The molecule has 0 bridgehead atoms. The summed E-state index contributed by atoms with van der Waals surface area (Å²) >= 11 is 1.90. The lowest BCUT2D eigenvalue weighted by Crippen LogP contribution is -2.21. The van der Waals surface area contributed by atoms with Crippen molar-refractivity contribution < 1.29 is 4.74 Å². The first-order valence-corrected chi connectivity index (χ1v) is 7.97. The van der Waals surface area contributed by atoms with Crippen molar-refractivity contribution in [3.05, 3.63) is 51.2 Å². The number of hydrogen-bond acceptors (Lipinski definition) is 3. The maximum Gasteiger partial charge on any atom is 0.121 e. The van der Waals surface area contributed by atoms with E-state index in [1.807, 2.05) is 11.3 Å². The lowest BCUT2D eigenvalue weighted by atomic mass is 10.0. The van der Waals surface area contributed by atoms with E-state index < -0.39 is 0 Å². The van der Waals surface area contributed by atoms with E-state index in [2.05, 4.69) is 56.4 Å². The Morgan fingerprint density at radius 2 is 2.00 bits per heavy atom. The molecule has 0 spiro atoms. The monoisotopic (exact) mass is 289 g/mol. The molecular formula is C17H23NOS. The summed E-state index contributed by atoms with van der Waals surface area (Å²) in [5.41, 5.74) is 2.48. The van der Waals surface area contributed by atoms with Crippen molar-refractivity contribution in [2.75, 3.05) is 13.7 Å². The number of rotatable bonds is 6. The Hall–Kier alpha value is -1.32. The van der Waals surface area contributed by atoms with Gasteiger partial charge < -0.3 is 10.1 Å². The molecule has 1 atom stereocenters. The molecule has 1 aromatic heterocycles. The van der Waals surface area contributed by atoms with Gasteiger partial charge in [0.05, 0.1) is 13.2 Å². The molecule has 1 unspecified atom stereocenters. The van der Waals surface area contributed by atoms with Gasteiger partial charge in [-0.3, -0.25) is 0 Å². The third-order valence-electron chi connectivity index (χ3n) is 3.48. The summed E-state index contributed by atoms with van der Waals surface area (Å²) in [7, 11) is 1.72. The van der Waals surface area contributed by atoms with Crippen molar-refractivity contribution >= 4 is 11.3 Å². The molecule has 108 valence electrons. The van der Waals surface area contributed by atoms with E-state index in [0.29, 0.717) is 0 Å². The Morgan fingerprint density at radius 1 is 1.20 bits per heavy atom. The topological polar surface area (TPSA) is 21.3 Å². The van der Waals surface area contributed by atoms with Gasteiger partial charge in [0.1, 0.15) is 5.75 Å². The molecule has 0 aliphatic heterocycles. The summed E-state index contributed by atoms with van der Waals surface area (Å²) in [5, 5.41) is 3.59. The van der Waals surface area contributed by atoms with Gasteiger partial charge in [-0.05, 0) is 49.2 Å². The Balaban J connectivity index is 2.34. The Bertz CT molecular complexity index is 562. The van der Waals surface area contributed by atoms with Crippen LogP contribution < -0.4 is 10.1 Å². The second-order valence-electron chi connectivity index (χ2n) is 4.88. The molecule has 0 saturated carbocycles. The van der Waals surface area contributed by atoms with E-state index in [1.54, 1.807) is 7.11 Å². The van der Waals surface area contributed by atoms with Gasteiger partial charge in [0, 0.05) is 9.75 Å². The number of ether oxygens (including phenoxy) is 1. The van der Waals surface area contributed by atoms with Crippen LogP contribution in [-0.4, -0.2) is 13.7 Å². The molecule has 1 N–H and O–H groups in total. The molecule has 0 amide bonds. The summed E-state index contributed by atoms with van der Waals surface area (Å²) in [6, 6.07) is 11.2. The number of aryl methyl sites for hydroxylation is 2. The number of nitrogens with one attached hydrogen (secondary N) is 1. The lowest BCUT2D eigenvalue weighted by molar-refractivity contribution is 0.411. The number of benzene rings is 1. The number of thiophene rings is 1. The fourth-order valence-electron chi connectivity index (χ4n) is 2.41. The van der Waals surface area contributed by atoms with Crippen LogP contribution in [0.1, 0.15) is 40.8 Å². The first-order valence-electron chi connectivity index (χ1n) is 7.16. The van der Waals surface area contributed by atoms with Crippen LogP contribution in [0.2, 0.25) is 0 Å². The maximum absolute atomic E-state index is 5.35. The molecule has 2 aromatic rings. The van der Waals surface area contributed by atoms with E-state index in [1.165, 1.54) is 20.9 Å². The molecule has 0 saturated heterocycles. The van der Waals surface area contributed by atoms with Gasteiger partial charge in [0.15, 0.2) is 0 Å². The van der Waals surface area contributed by atoms with Crippen molar-refractivity contribution in [3.63, 3.8) is 0 Å². The van der Waals surface area contributed by atoms with Crippen LogP contribution in [0.3, 0.4) is 0 Å². The minimum atomic E-state index is 0.273. The first-order chi connectivity index (χ1) is 9.69. The van der Waals surface area contributed by atoms with Crippen molar-refractivity contribution in [2.24, 2.45) is 0 Å². The van der Waals surface area contributed by atoms with E-state index in [4.69, 9.17) is 4.74 Å². The summed E-state index contributed by atoms with van der Waals surface area (Å²) in [6.07, 6.45) is 1.10. The Labute approximate surface area is 125 Å². The van der Waals surface area contributed by atoms with Crippen LogP contribution in [0.4, 0.5) is 0 Å². The number of methoxy groups -OCH3 is 1. The van der Waals surface area contributed by atoms with Crippen LogP contribution in [0.25, 0.3) is 0 Å². The van der Waals surface area contributed by atoms with Crippen molar-refractivity contribution in [1.82, 2.24) is 5.32 Å². The highest BCUT2D eigenvalue weighted by atomic mass is 32.1. The van der Waals surface area contributed by atoms with E-state index in [-0.39, 0.29) is 6.04 Å². The number of hydrogen-bond donors (Lipinski definition) is 1. The first kappa shape index (κ1) is 15.1. The third-order valence-corrected chi connectivity index (χ3v) is 4.77. The third kappa shape index (κ3) is 3.22. The van der Waals surface area contributed by atoms with Crippen LogP contribution in [-0.2, 0) is 6.42 Å². The molecule has 0 fully saturated rings. The van der Waals surface area contributed by atoms with Gasteiger partial charge in [0.25, 0.3) is 0 Å². The predicted molar refractivity (Wildman–Crippen MR) is 86.9 cm³/mol. The smallest absolute Gasteiger partial charge is 0.121 e. The zero-order valence-electron chi connectivity index (χ0n) is 12.7. The van der Waals surface area contributed by atoms with Crippen molar-refractivity contribution in [2.45, 2.75) is 33.2 Å². The van der Waals surface area contributed by atoms with Crippen LogP contribution in [0.5, 0.6) is 5.75 Å². The predicted octanol–water partition coefficient (Wildman–Crippen LogP) is 4.33. The summed E-state index contributed by atoms with van der Waals surface area (Å²) in [4.78, 5) is 2.82. The molecule has 0 aliphatic rings. The molecule has 0 radical (unpaired) electrons. The molecular weight excluding hydrogens is 266 g/mol. The SMILES string of the molecule is CCNC(c1ccc(OC)c(C)c1)c1ccc(CC)s1. The standard InChI is InChI=1S/C17H23NOS/c1-5-14-8-10-16(20-14)17(18-6-2)13-7-9-15(19-4)12(3)11-13/h7-11,17-18H,5-6H2,1-4H3. The van der Waals surface area contributed by atoms with Gasteiger partial charge in [-0.25, -0.2) is 0 Å². The van der Waals surface area contributed by atoms with Crippen LogP contribution in [0, 0.1) is 6.92 Å². The van der Waals surface area contributed by atoms with Crippen LogP contribution in [0.15, 0.2) is 30.3 Å². The molecule has 2 rings (SSSR count). The second-order valence-corrected chi connectivity index (χ2v) is 6.08. The van der Waals surface area contributed by atoms with E-state index >= 15 is 0 Å². The highest BCUT2D eigenvalue weighted by Crippen LogP contribution is 2.31. The van der Waals surface area contributed by atoms with Gasteiger partial charge in [0.2, 0.25) is 0 Å². The molecule has 2 nitrogen and oxygen atoms in total.